The first-order valence-electron chi connectivity index (χ1n) is 10.1. The Balaban J connectivity index is 1.34. The summed E-state index contributed by atoms with van der Waals surface area (Å²) in [5.41, 5.74) is 3.01. The highest BCUT2D eigenvalue weighted by atomic mass is 16.5. The number of Topliss-reactive ketones (excluding diaryl/α,β-unsaturated/α-hetero) is 1. The van der Waals surface area contributed by atoms with Crippen molar-refractivity contribution in [3.8, 4) is 5.75 Å². The highest BCUT2D eigenvalue weighted by molar-refractivity contribution is 6.09. The van der Waals surface area contributed by atoms with Crippen molar-refractivity contribution in [2.24, 2.45) is 0 Å². The zero-order valence-electron chi connectivity index (χ0n) is 17.2. The normalized spacial score (nSPS) is 10.6. The van der Waals surface area contributed by atoms with Gasteiger partial charge in [0.05, 0.1) is 5.56 Å². The van der Waals surface area contributed by atoms with Crippen molar-refractivity contribution in [3.05, 3.63) is 113 Å². The Labute approximate surface area is 181 Å². The molecule has 4 aromatic carbocycles. The maximum absolute atomic E-state index is 12.6. The minimum absolute atomic E-state index is 0.228. The zero-order valence-corrected chi connectivity index (χ0v) is 17.2. The summed E-state index contributed by atoms with van der Waals surface area (Å²) in [5, 5.41) is 1.83. The summed E-state index contributed by atoms with van der Waals surface area (Å²) in [6.07, 6.45) is 0. The van der Waals surface area contributed by atoms with Crippen LogP contribution >= 0.6 is 0 Å². The van der Waals surface area contributed by atoms with Crippen LogP contribution in [0.1, 0.15) is 31.8 Å². The van der Waals surface area contributed by atoms with Crippen molar-refractivity contribution in [1.82, 2.24) is 0 Å². The first-order valence-corrected chi connectivity index (χ1v) is 10.1. The van der Waals surface area contributed by atoms with E-state index in [1.165, 1.54) is 0 Å². The van der Waals surface area contributed by atoms with Crippen LogP contribution in [0.25, 0.3) is 10.8 Å². The second-order valence-corrected chi connectivity index (χ2v) is 7.33. The average Bonchev–Trinajstić information content (AvgIpc) is 2.81. The third kappa shape index (κ3) is 4.98. The number of hydrogen-bond acceptors (Lipinski definition) is 4. The smallest absolute Gasteiger partial charge is 0.338 e. The monoisotopic (exact) mass is 410 g/mol. The second kappa shape index (κ2) is 9.26. The lowest BCUT2D eigenvalue weighted by molar-refractivity contribution is 0.0475. The molecule has 0 atom stereocenters. The van der Waals surface area contributed by atoms with E-state index in [1.807, 2.05) is 79.7 Å². The highest BCUT2D eigenvalue weighted by Gasteiger charge is 2.14. The highest BCUT2D eigenvalue weighted by Crippen LogP contribution is 2.19. The molecular formula is C27H22O4. The molecule has 0 spiro atoms. The van der Waals surface area contributed by atoms with Gasteiger partial charge in [-0.1, -0.05) is 66.7 Å². The number of rotatable bonds is 7. The molecule has 0 aliphatic rings. The van der Waals surface area contributed by atoms with Gasteiger partial charge in [-0.05, 0) is 53.1 Å². The minimum Gasteiger partial charge on any atom is -0.489 e. The Morgan fingerprint density at radius 2 is 1.55 bits per heavy atom. The van der Waals surface area contributed by atoms with Gasteiger partial charge in [0, 0.05) is 5.56 Å². The van der Waals surface area contributed by atoms with Gasteiger partial charge in [-0.3, -0.25) is 4.79 Å². The summed E-state index contributed by atoms with van der Waals surface area (Å²) in [5.74, 6) is 0.0449. The van der Waals surface area contributed by atoms with E-state index in [0.29, 0.717) is 17.7 Å². The van der Waals surface area contributed by atoms with Gasteiger partial charge in [0.25, 0.3) is 0 Å². The van der Waals surface area contributed by atoms with Gasteiger partial charge in [-0.15, -0.1) is 0 Å². The fraction of sp³-hybridized carbons (Fsp3) is 0.111. The minimum atomic E-state index is -0.528. The molecule has 0 aliphatic heterocycles. The number of carbonyl (C=O) groups excluding carboxylic acids is 2. The summed E-state index contributed by atoms with van der Waals surface area (Å²) in [4.78, 5) is 25.0. The number of esters is 1. The molecule has 0 heterocycles. The topological polar surface area (TPSA) is 52.6 Å². The van der Waals surface area contributed by atoms with Gasteiger partial charge in [0.2, 0.25) is 5.78 Å². The van der Waals surface area contributed by atoms with Gasteiger partial charge >= 0.3 is 5.97 Å². The molecule has 4 nitrogen and oxygen atoms in total. The number of ether oxygens (including phenoxy) is 2. The Morgan fingerprint density at radius 3 is 2.35 bits per heavy atom. The molecule has 0 saturated carbocycles. The molecule has 4 heteroatoms. The van der Waals surface area contributed by atoms with E-state index in [2.05, 4.69) is 0 Å². The van der Waals surface area contributed by atoms with E-state index in [-0.39, 0.29) is 12.4 Å². The molecule has 154 valence electrons. The second-order valence-electron chi connectivity index (χ2n) is 7.33. The Bertz CT molecular complexity index is 1220. The molecule has 4 rings (SSSR count). The first-order chi connectivity index (χ1) is 15.1. The van der Waals surface area contributed by atoms with Crippen LogP contribution in [0.4, 0.5) is 0 Å². The lowest BCUT2D eigenvalue weighted by Crippen LogP contribution is -2.14. The Hall–Kier alpha value is -3.92. The third-order valence-electron chi connectivity index (χ3n) is 5.01. The van der Waals surface area contributed by atoms with E-state index >= 15 is 0 Å². The molecule has 4 aromatic rings. The van der Waals surface area contributed by atoms with Gasteiger partial charge in [-0.2, -0.15) is 0 Å². The largest absolute Gasteiger partial charge is 0.489 e. The summed E-state index contributed by atoms with van der Waals surface area (Å²) in [6.45, 7) is 2.11. The maximum atomic E-state index is 12.6. The molecule has 0 saturated heterocycles. The van der Waals surface area contributed by atoms with Crippen LogP contribution in [-0.4, -0.2) is 18.4 Å². The first kappa shape index (κ1) is 20.4. The molecule has 0 N–H and O–H groups in total. The fourth-order valence-electron chi connectivity index (χ4n) is 3.37. The van der Waals surface area contributed by atoms with Crippen LogP contribution in [0, 0.1) is 6.92 Å². The van der Waals surface area contributed by atoms with E-state index in [1.54, 1.807) is 18.2 Å². The number of carbonyl (C=O) groups is 2. The number of ketones is 1. The van der Waals surface area contributed by atoms with Crippen LogP contribution in [-0.2, 0) is 11.3 Å². The van der Waals surface area contributed by atoms with Crippen LogP contribution in [0.3, 0.4) is 0 Å². The summed E-state index contributed by atoms with van der Waals surface area (Å²) < 4.78 is 11.0. The summed E-state index contributed by atoms with van der Waals surface area (Å²) in [7, 11) is 0. The molecular weight excluding hydrogens is 388 g/mol. The number of benzene rings is 4. The van der Waals surface area contributed by atoms with Gasteiger partial charge in [0.1, 0.15) is 12.4 Å². The SMILES string of the molecule is Cc1cccc(OCc2ccc(C(=O)OCC(=O)c3cccc4ccccc34)cc2)c1. The van der Waals surface area contributed by atoms with E-state index < -0.39 is 5.97 Å². The van der Waals surface area contributed by atoms with Crippen molar-refractivity contribution in [1.29, 1.82) is 0 Å². The Kier molecular flexibility index (Phi) is 6.08. The fourth-order valence-corrected chi connectivity index (χ4v) is 3.37. The quantitative estimate of drug-likeness (QED) is 0.287. The van der Waals surface area contributed by atoms with Gasteiger partial charge < -0.3 is 9.47 Å². The Morgan fingerprint density at radius 1 is 0.806 bits per heavy atom. The van der Waals surface area contributed by atoms with Crippen LogP contribution in [0.2, 0.25) is 0 Å². The summed E-state index contributed by atoms with van der Waals surface area (Å²) >= 11 is 0. The average molecular weight is 410 g/mol. The molecule has 0 aromatic heterocycles. The van der Waals surface area contributed by atoms with Gasteiger partial charge in [-0.25, -0.2) is 4.79 Å². The van der Waals surface area contributed by atoms with Gasteiger partial charge in [0.15, 0.2) is 6.61 Å². The van der Waals surface area contributed by atoms with Crippen LogP contribution in [0.15, 0.2) is 91.0 Å². The van der Waals surface area contributed by atoms with E-state index in [0.717, 1.165) is 27.6 Å². The third-order valence-corrected chi connectivity index (χ3v) is 5.01. The van der Waals surface area contributed by atoms with Crippen molar-refractivity contribution < 1.29 is 19.1 Å². The van der Waals surface area contributed by atoms with Crippen molar-refractivity contribution in [2.45, 2.75) is 13.5 Å². The lowest BCUT2D eigenvalue weighted by Gasteiger charge is -2.09. The predicted molar refractivity (Wildman–Crippen MR) is 121 cm³/mol. The van der Waals surface area contributed by atoms with Crippen molar-refractivity contribution >= 4 is 22.5 Å². The molecule has 0 fully saturated rings. The molecule has 0 aliphatic carbocycles. The number of aryl methyl sites for hydroxylation is 1. The van der Waals surface area contributed by atoms with Crippen LogP contribution in [0.5, 0.6) is 5.75 Å². The molecule has 0 unspecified atom stereocenters. The molecule has 0 radical (unpaired) electrons. The molecule has 0 bridgehead atoms. The zero-order chi connectivity index (χ0) is 21.6. The molecule has 0 amide bonds. The molecule has 31 heavy (non-hydrogen) atoms. The summed E-state index contributed by atoms with van der Waals surface area (Å²) in [6, 6.07) is 28.0. The number of fused-ring (bicyclic) bond motifs is 1. The standard InChI is InChI=1S/C27H22O4/c1-19-6-4-9-23(16-19)30-17-20-12-14-22(15-13-20)27(29)31-18-26(28)25-11-5-8-21-7-2-3-10-24(21)25/h2-16H,17-18H2,1H3. The van der Waals surface area contributed by atoms with E-state index in [9.17, 15) is 9.59 Å². The number of hydrogen-bond donors (Lipinski definition) is 0. The van der Waals surface area contributed by atoms with Crippen molar-refractivity contribution in [2.75, 3.05) is 6.61 Å². The van der Waals surface area contributed by atoms with E-state index in [4.69, 9.17) is 9.47 Å². The van der Waals surface area contributed by atoms with Crippen molar-refractivity contribution in [3.63, 3.8) is 0 Å². The maximum Gasteiger partial charge on any atom is 0.338 e. The van der Waals surface area contributed by atoms with Crippen LogP contribution < -0.4 is 4.74 Å². The lowest BCUT2D eigenvalue weighted by atomic mass is 10.0. The predicted octanol–water partition coefficient (Wildman–Crippen LogP) is 5.77.